The molecular weight excluding hydrogens is 304 g/mol. The van der Waals surface area contributed by atoms with Gasteiger partial charge < -0.3 is 10.2 Å². The number of nitrogens with one attached hydrogen (secondary N) is 1. The molecule has 1 N–H and O–H groups in total. The fourth-order valence-electron chi connectivity index (χ4n) is 3.25. The van der Waals surface area contributed by atoms with Gasteiger partial charge in [-0.3, -0.25) is 9.59 Å². The highest BCUT2D eigenvalue weighted by atomic mass is 33.1. The van der Waals surface area contributed by atoms with Gasteiger partial charge in [-0.15, -0.1) is 11.7 Å². The summed E-state index contributed by atoms with van der Waals surface area (Å²) in [5, 5.41) is 3.29. The summed E-state index contributed by atoms with van der Waals surface area (Å²) >= 11 is 4.21. The number of ketones is 1. The molecule has 0 saturated carbocycles. The highest BCUT2D eigenvalue weighted by molar-refractivity contribution is 8.69. The molecule has 1 unspecified atom stereocenters. The highest BCUT2D eigenvalue weighted by Gasteiger charge is 2.38. The molecule has 0 aromatic rings. The minimum Gasteiger partial charge on any atom is -0.342 e. The summed E-state index contributed by atoms with van der Waals surface area (Å²) in [5.41, 5.74) is 0. The number of Topliss-reactive ketones (excluding diaryl/α,β-unsaturated/α-hetero) is 1. The van der Waals surface area contributed by atoms with Crippen LogP contribution in [0.5, 0.6) is 0 Å². The number of nitrogens with zero attached hydrogens (tertiary/aromatic N) is 1. The van der Waals surface area contributed by atoms with Gasteiger partial charge >= 0.3 is 0 Å². The molecule has 0 aliphatic carbocycles. The van der Waals surface area contributed by atoms with Gasteiger partial charge in [-0.1, -0.05) is 10.8 Å². The Balaban J connectivity index is 1.97. The second-order valence-electron chi connectivity index (χ2n) is 6.63. The van der Waals surface area contributed by atoms with E-state index in [1.807, 2.05) is 18.7 Å². The maximum atomic E-state index is 12.6. The summed E-state index contributed by atoms with van der Waals surface area (Å²) in [5.74, 6) is 0.520. The lowest BCUT2D eigenvalue weighted by Crippen LogP contribution is -2.49. The monoisotopic (exact) mass is 330 g/mol. The van der Waals surface area contributed by atoms with Crippen LogP contribution in [0.25, 0.3) is 0 Å². The van der Waals surface area contributed by atoms with Crippen LogP contribution in [0.1, 0.15) is 39.5 Å². The second kappa shape index (κ2) is 7.38. The Morgan fingerprint density at radius 1 is 1.24 bits per heavy atom. The third-order valence-electron chi connectivity index (χ3n) is 4.57. The van der Waals surface area contributed by atoms with Crippen LogP contribution in [0.3, 0.4) is 0 Å². The molecule has 1 amide bonds. The molecule has 2 rings (SSSR count). The van der Waals surface area contributed by atoms with Crippen LogP contribution in [-0.4, -0.2) is 47.5 Å². The van der Waals surface area contributed by atoms with Gasteiger partial charge in [0.2, 0.25) is 5.91 Å². The molecule has 0 spiro atoms. The van der Waals surface area contributed by atoms with Crippen LogP contribution in [0.2, 0.25) is 0 Å². The first-order chi connectivity index (χ1) is 9.95. The van der Waals surface area contributed by atoms with Crippen LogP contribution in [0.15, 0.2) is 0 Å². The van der Waals surface area contributed by atoms with E-state index in [1.165, 1.54) is 10.8 Å². The number of hydrogen-bond donors (Lipinski definition) is 2. The van der Waals surface area contributed by atoms with E-state index < -0.39 is 4.75 Å². The van der Waals surface area contributed by atoms with Crippen molar-refractivity contribution in [1.82, 2.24) is 10.2 Å². The van der Waals surface area contributed by atoms with Crippen molar-refractivity contribution in [1.29, 1.82) is 0 Å². The van der Waals surface area contributed by atoms with Crippen LogP contribution in [0, 0.1) is 11.8 Å². The van der Waals surface area contributed by atoms with Crippen molar-refractivity contribution in [3.05, 3.63) is 0 Å². The largest absolute Gasteiger partial charge is 0.342 e. The van der Waals surface area contributed by atoms with Gasteiger partial charge in [-0.2, -0.15) is 0 Å². The number of amides is 1. The number of hydrogen-bond acceptors (Lipinski definition) is 5. The van der Waals surface area contributed by atoms with Gasteiger partial charge in [0.05, 0.1) is 10.7 Å². The molecule has 21 heavy (non-hydrogen) atoms. The summed E-state index contributed by atoms with van der Waals surface area (Å²) in [7, 11) is 1.30. The smallest absolute Gasteiger partial charge is 0.226 e. The lowest BCUT2D eigenvalue weighted by atomic mass is 9.87. The molecule has 2 heterocycles. The number of carbonyl (C=O) groups excluding carboxylic acids is 2. The van der Waals surface area contributed by atoms with E-state index in [9.17, 15) is 9.59 Å². The third kappa shape index (κ3) is 4.17. The molecule has 4 nitrogen and oxygen atoms in total. The molecule has 2 saturated heterocycles. The summed E-state index contributed by atoms with van der Waals surface area (Å²) in [6, 6.07) is 0. The zero-order valence-electron chi connectivity index (χ0n) is 12.9. The Morgan fingerprint density at radius 3 is 2.57 bits per heavy atom. The van der Waals surface area contributed by atoms with Crippen LogP contribution >= 0.6 is 22.5 Å². The Hall–Kier alpha value is -0.200. The van der Waals surface area contributed by atoms with Crippen molar-refractivity contribution in [3.8, 4) is 0 Å². The van der Waals surface area contributed by atoms with Crippen molar-refractivity contribution >= 4 is 34.1 Å². The summed E-state index contributed by atoms with van der Waals surface area (Å²) in [4.78, 5) is 27.1. The lowest BCUT2D eigenvalue weighted by Gasteiger charge is -2.37. The maximum Gasteiger partial charge on any atom is 0.226 e. The highest BCUT2D eigenvalue weighted by Crippen LogP contribution is 2.34. The number of piperidine rings is 2. The van der Waals surface area contributed by atoms with Crippen molar-refractivity contribution in [2.24, 2.45) is 11.8 Å². The Kier molecular flexibility index (Phi) is 6.03. The van der Waals surface area contributed by atoms with E-state index in [0.29, 0.717) is 6.54 Å². The van der Waals surface area contributed by atoms with E-state index in [1.54, 1.807) is 0 Å². The van der Waals surface area contributed by atoms with Gasteiger partial charge in [0.25, 0.3) is 0 Å². The molecule has 0 radical (unpaired) electrons. The zero-order chi connectivity index (χ0) is 15.5. The predicted octanol–water partition coefficient (Wildman–Crippen LogP) is 2.15. The van der Waals surface area contributed by atoms with Crippen molar-refractivity contribution in [2.75, 3.05) is 26.2 Å². The molecule has 0 aromatic heterocycles. The molecule has 6 heteroatoms. The van der Waals surface area contributed by atoms with Crippen LogP contribution in [0.4, 0.5) is 0 Å². The number of carbonyl (C=O) groups is 2. The van der Waals surface area contributed by atoms with E-state index in [2.05, 4.69) is 17.0 Å². The molecule has 0 aromatic carbocycles. The minimum absolute atomic E-state index is 0.0334. The first-order valence-corrected chi connectivity index (χ1v) is 9.69. The predicted molar refractivity (Wildman–Crippen MR) is 90.6 cm³/mol. The first kappa shape index (κ1) is 17.2. The first-order valence-electron chi connectivity index (χ1n) is 7.82. The van der Waals surface area contributed by atoms with Gasteiger partial charge in [0.1, 0.15) is 0 Å². The summed E-state index contributed by atoms with van der Waals surface area (Å²) < 4.78 is -0.480. The molecule has 2 aliphatic rings. The Morgan fingerprint density at radius 2 is 1.95 bits per heavy atom. The van der Waals surface area contributed by atoms with Crippen molar-refractivity contribution in [3.63, 3.8) is 0 Å². The summed E-state index contributed by atoms with van der Waals surface area (Å²) in [6.07, 6.45) is 3.85. The van der Waals surface area contributed by atoms with Gasteiger partial charge in [-0.05, 0) is 46.1 Å². The SMILES string of the molecule is CC(C)(SS)C(=O)C1CCCN(C(=O)[C@@H]2CCCNC2)C1. The third-order valence-corrected chi connectivity index (χ3v) is 6.60. The van der Waals surface area contributed by atoms with Crippen LogP contribution < -0.4 is 5.32 Å². The second-order valence-corrected chi connectivity index (χ2v) is 8.38. The van der Waals surface area contributed by atoms with E-state index in [4.69, 9.17) is 0 Å². The Labute approximate surface area is 136 Å². The maximum absolute atomic E-state index is 12.6. The molecular formula is C15H26N2O2S2. The lowest BCUT2D eigenvalue weighted by molar-refractivity contribution is -0.139. The normalized spacial score (nSPS) is 27.5. The molecule has 0 bridgehead atoms. The standard InChI is InChI=1S/C15H26N2O2S2/c1-15(2,21-20)13(18)12-6-4-8-17(10-12)14(19)11-5-3-7-16-9-11/h11-12,16,20H,3-10H2,1-2H3/t11-,12?/m1/s1. The zero-order valence-corrected chi connectivity index (χ0v) is 14.6. The van der Waals surface area contributed by atoms with Crippen molar-refractivity contribution < 1.29 is 9.59 Å². The molecule has 2 aliphatic heterocycles. The molecule has 2 fully saturated rings. The van der Waals surface area contributed by atoms with E-state index >= 15 is 0 Å². The summed E-state index contributed by atoms with van der Waals surface area (Å²) in [6.45, 7) is 7.02. The van der Waals surface area contributed by atoms with Gasteiger partial charge in [-0.25, -0.2) is 0 Å². The average molecular weight is 331 g/mol. The van der Waals surface area contributed by atoms with E-state index in [-0.39, 0.29) is 23.5 Å². The minimum atomic E-state index is -0.480. The fraction of sp³-hybridized carbons (Fsp3) is 0.867. The van der Waals surface area contributed by atoms with Gasteiger partial charge in [0.15, 0.2) is 5.78 Å². The van der Waals surface area contributed by atoms with Crippen molar-refractivity contribution in [2.45, 2.75) is 44.3 Å². The number of thiol groups is 1. The molecule has 120 valence electrons. The number of rotatable bonds is 4. The average Bonchev–Trinajstić information content (AvgIpc) is 2.54. The fourth-order valence-corrected chi connectivity index (χ4v) is 3.78. The van der Waals surface area contributed by atoms with Crippen LogP contribution in [-0.2, 0) is 9.59 Å². The van der Waals surface area contributed by atoms with Gasteiger partial charge in [0, 0.05) is 25.6 Å². The Bertz CT molecular complexity index is 395. The van der Waals surface area contributed by atoms with E-state index in [0.717, 1.165) is 45.3 Å². The number of likely N-dealkylation sites (tertiary alicyclic amines) is 1. The molecule has 2 atom stereocenters. The quantitative estimate of drug-likeness (QED) is 0.612. The topological polar surface area (TPSA) is 49.4 Å².